The van der Waals surface area contributed by atoms with Crippen LogP contribution in [0.1, 0.15) is 30.7 Å². The van der Waals surface area contributed by atoms with E-state index in [1.54, 1.807) is 30.3 Å². The number of nitrogens with zero attached hydrogens (tertiary/aromatic N) is 2. The van der Waals surface area contributed by atoms with Crippen molar-refractivity contribution in [2.75, 3.05) is 19.3 Å². The Morgan fingerprint density at radius 2 is 1.40 bits per heavy atom. The molecular weight excluding hydrogens is 729 g/mol. The molecule has 0 unspecified atom stereocenters. The zero-order valence-corrected chi connectivity index (χ0v) is 30.7. The summed E-state index contributed by atoms with van der Waals surface area (Å²) >= 11 is 5.79. The van der Waals surface area contributed by atoms with Crippen LogP contribution in [0.2, 0.25) is 0 Å². The van der Waals surface area contributed by atoms with Crippen LogP contribution in [0, 0.1) is 11.3 Å². The van der Waals surface area contributed by atoms with Gasteiger partial charge < -0.3 is 9.84 Å². The molecule has 0 bridgehead atoms. The molecule has 0 aliphatic rings. The van der Waals surface area contributed by atoms with E-state index < -0.39 is 5.31 Å². The van der Waals surface area contributed by atoms with Crippen LogP contribution < -0.4 is 30.7 Å². The molecule has 0 radical (unpaired) electrons. The molecule has 6 rings (SSSR count). The van der Waals surface area contributed by atoms with Crippen molar-refractivity contribution in [3.63, 3.8) is 0 Å². The number of phenols is 1. The van der Waals surface area contributed by atoms with Gasteiger partial charge in [0.15, 0.2) is 16.5 Å². The van der Waals surface area contributed by atoms with Crippen molar-refractivity contribution in [3.8, 4) is 29.1 Å². The SMILES string of the molecule is N#Cc1nc2ccc(Oc3ccc(OCC(=O)NCCCCCCP(Br)(c4ccccc4)(c4ccccc4)c4ccccc4)cc3O)cc2s1. The van der Waals surface area contributed by atoms with Crippen LogP contribution in [-0.4, -0.2) is 35.3 Å². The number of aromatic nitrogens is 1. The van der Waals surface area contributed by atoms with Gasteiger partial charge in [0.05, 0.1) is 10.2 Å². The average molecular weight is 767 g/mol. The van der Waals surface area contributed by atoms with Crippen LogP contribution in [0.5, 0.6) is 23.0 Å². The number of thiazole rings is 1. The molecule has 0 spiro atoms. The number of amides is 1. The Labute approximate surface area is 304 Å². The standard InChI is InChI=1S/C40H37BrN3O4PS/c41-49(32-14-6-3-7-15-32,33-16-8-4-9-17-33,34-18-10-5-11-19-34)25-13-2-1-12-24-43-39(46)29-47-30-21-23-37(36(45)26-30)48-31-20-22-35-38(27-31)50-40(28-42)44-35/h3-11,14-23,26-27,45H,1-2,12-13,24-25,29H2,(H,43,46). The van der Waals surface area contributed by atoms with Gasteiger partial charge in [-0.3, -0.25) is 0 Å². The summed E-state index contributed by atoms with van der Waals surface area (Å²) in [5, 5.41) is 24.0. The first-order valence-corrected chi connectivity index (χ1v) is 21.7. The van der Waals surface area contributed by atoms with Crippen LogP contribution in [0.15, 0.2) is 127 Å². The van der Waals surface area contributed by atoms with Crippen molar-refractivity contribution in [2.24, 2.45) is 0 Å². The number of carbonyl (C=O) groups is 1. The van der Waals surface area contributed by atoms with Crippen LogP contribution in [-0.2, 0) is 4.79 Å². The first-order valence-electron chi connectivity index (χ1n) is 16.5. The summed E-state index contributed by atoms with van der Waals surface area (Å²) in [6.45, 7) is 0.403. The topological polar surface area (TPSA) is 104 Å². The van der Waals surface area contributed by atoms with E-state index in [2.05, 4.69) is 117 Å². The van der Waals surface area contributed by atoms with Crippen molar-refractivity contribution in [2.45, 2.75) is 25.7 Å². The van der Waals surface area contributed by atoms with E-state index in [1.165, 1.54) is 33.3 Å². The number of ether oxygens (including phenoxy) is 2. The number of phenolic OH excluding ortho intramolecular Hbond substituents is 1. The Morgan fingerprint density at radius 1 is 0.800 bits per heavy atom. The van der Waals surface area contributed by atoms with Gasteiger partial charge in [0.1, 0.15) is 11.8 Å². The van der Waals surface area contributed by atoms with Crippen LogP contribution in [0.25, 0.3) is 10.2 Å². The van der Waals surface area contributed by atoms with Gasteiger partial charge in [-0.15, -0.1) is 11.3 Å². The van der Waals surface area contributed by atoms with Crippen LogP contribution in [0.3, 0.4) is 0 Å². The monoisotopic (exact) mass is 765 g/mol. The average Bonchev–Trinajstić information content (AvgIpc) is 3.58. The Kier molecular flexibility index (Phi) is 11.1. The summed E-state index contributed by atoms with van der Waals surface area (Å²) in [5.41, 5.74) is 0.715. The zero-order valence-electron chi connectivity index (χ0n) is 27.4. The number of rotatable bonds is 15. The van der Waals surface area contributed by atoms with Gasteiger partial charge in [0.25, 0.3) is 0 Å². The summed E-state index contributed by atoms with van der Waals surface area (Å²) in [4.78, 5) is 16.7. The molecule has 10 heteroatoms. The number of nitrogens with one attached hydrogen (secondary N) is 1. The maximum atomic E-state index is 12.5. The molecular formula is C40H37BrN3O4PS. The molecule has 0 aliphatic carbocycles. The minimum absolute atomic E-state index is 0.117. The van der Waals surface area contributed by atoms with E-state index in [4.69, 9.17) is 14.7 Å². The molecule has 50 heavy (non-hydrogen) atoms. The molecule has 0 aliphatic heterocycles. The predicted octanol–water partition coefficient (Wildman–Crippen LogP) is 8.56. The van der Waals surface area contributed by atoms with E-state index >= 15 is 0 Å². The molecule has 1 heterocycles. The number of benzene rings is 5. The second-order valence-corrected chi connectivity index (χ2v) is 22.0. The third-order valence-corrected chi connectivity index (χ3v) is 19.6. The Bertz CT molecular complexity index is 2010. The number of halogens is 1. The Morgan fingerprint density at radius 3 is 2.00 bits per heavy atom. The van der Waals surface area contributed by atoms with Crippen molar-refractivity contribution < 1.29 is 19.4 Å². The Balaban J connectivity index is 0.977. The normalized spacial score (nSPS) is 12.0. The molecule has 1 aromatic heterocycles. The quantitative estimate of drug-likeness (QED) is 0.0802. The zero-order chi connectivity index (χ0) is 34.8. The number of carbonyl (C=O) groups excluding carboxylic acids is 1. The molecule has 1 amide bonds. The van der Waals surface area contributed by atoms with E-state index in [0.717, 1.165) is 36.5 Å². The fraction of sp³-hybridized carbons (Fsp3) is 0.175. The smallest absolute Gasteiger partial charge is 0.504 e. The number of hydrogen-bond acceptors (Lipinski definition) is 7. The summed E-state index contributed by atoms with van der Waals surface area (Å²) in [7, 11) is 0. The third kappa shape index (κ3) is 7.69. The fourth-order valence-corrected chi connectivity index (χ4v) is 14.7. The van der Waals surface area contributed by atoms with Gasteiger partial charge in [-0.25, -0.2) is 4.98 Å². The van der Waals surface area contributed by atoms with Gasteiger partial charge >= 0.3 is 211 Å². The second kappa shape index (κ2) is 15.9. The van der Waals surface area contributed by atoms with Crippen molar-refractivity contribution in [1.82, 2.24) is 10.3 Å². The van der Waals surface area contributed by atoms with Gasteiger partial charge in [0, 0.05) is 6.07 Å². The van der Waals surface area contributed by atoms with E-state index in [1.807, 2.05) is 6.07 Å². The van der Waals surface area contributed by atoms with Crippen molar-refractivity contribution in [3.05, 3.63) is 132 Å². The summed E-state index contributed by atoms with van der Waals surface area (Å²) in [5.74, 6) is 0.766. The number of nitriles is 1. The summed E-state index contributed by atoms with van der Waals surface area (Å²) in [6.07, 6.45) is 4.91. The fourth-order valence-electron chi connectivity index (χ4n) is 6.18. The number of unbranched alkanes of at least 4 members (excludes halogenated alkanes) is 3. The maximum absolute atomic E-state index is 12.5. The molecule has 6 aromatic rings. The number of fused-ring (bicyclic) bond motifs is 1. The Hall–Kier alpha value is -4.74. The van der Waals surface area contributed by atoms with E-state index in [-0.39, 0.29) is 24.0 Å². The molecule has 5 aromatic carbocycles. The summed E-state index contributed by atoms with van der Waals surface area (Å²) in [6, 6.07) is 44.5. The molecule has 254 valence electrons. The summed E-state index contributed by atoms with van der Waals surface area (Å²) < 4.78 is 12.3. The van der Waals surface area contributed by atoms with Gasteiger partial charge in [-0.05, 0) is 18.2 Å². The minimum Gasteiger partial charge on any atom is -0.504 e. The molecule has 7 nitrogen and oxygen atoms in total. The predicted molar refractivity (Wildman–Crippen MR) is 208 cm³/mol. The number of hydrogen-bond donors (Lipinski definition) is 2. The van der Waals surface area contributed by atoms with Gasteiger partial charge in [0.2, 0.25) is 0 Å². The van der Waals surface area contributed by atoms with E-state index in [0.29, 0.717) is 28.6 Å². The van der Waals surface area contributed by atoms with Gasteiger partial charge in [-0.1, -0.05) is 0 Å². The first-order chi connectivity index (χ1) is 24.4. The molecule has 2 N–H and O–H groups in total. The third-order valence-electron chi connectivity index (χ3n) is 8.69. The number of aromatic hydroxyl groups is 1. The van der Waals surface area contributed by atoms with Crippen molar-refractivity contribution in [1.29, 1.82) is 5.26 Å². The van der Waals surface area contributed by atoms with Crippen molar-refractivity contribution >= 4 is 64.2 Å². The molecule has 0 atom stereocenters. The van der Waals surface area contributed by atoms with E-state index in [9.17, 15) is 9.90 Å². The first kappa shape index (κ1) is 35.1. The molecule has 0 saturated heterocycles. The molecule has 0 fully saturated rings. The van der Waals surface area contributed by atoms with Crippen LogP contribution in [0.4, 0.5) is 0 Å². The minimum atomic E-state index is -2.92. The molecule has 0 saturated carbocycles. The van der Waals surface area contributed by atoms with Gasteiger partial charge in [-0.2, -0.15) is 5.26 Å². The second-order valence-electron chi connectivity index (χ2n) is 12.0. The van der Waals surface area contributed by atoms with Crippen LogP contribution >= 0.6 is 32.1 Å².